The maximum atomic E-state index is 13.4. The van der Waals surface area contributed by atoms with Gasteiger partial charge in [0.1, 0.15) is 12.5 Å². The van der Waals surface area contributed by atoms with Crippen LogP contribution in [-0.4, -0.2) is 55.2 Å². The van der Waals surface area contributed by atoms with Crippen molar-refractivity contribution >= 4 is 23.5 Å². The predicted molar refractivity (Wildman–Crippen MR) is 130 cm³/mol. The van der Waals surface area contributed by atoms with E-state index < -0.39 is 5.97 Å². The highest BCUT2D eigenvalue weighted by Crippen LogP contribution is 2.29. The van der Waals surface area contributed by atoms with Gasteiger partial charge >= 0.3 is 11.9 Å². The van der Waals surface area contributed by atoms with Gasteiger partial charge in [-0.1, -0.05) is 42.5 Å². The molecule has 2 unspecified atom stereocenters. The molecule has 0 radical (unpaired) electrons. The molecule has 1 aliphatic heterocycles. The Morgan fingerprint density at radius 3 is 2.50 bits per heavy atom. The normalized spacial score (nSPS) is 20.0. The topological polar surface area (TPSA) is 81.7 Å². The van der Waals surface area contributed by atoms with Crippen LogP contribution in [0.5, 0.6) is 0 Å². The summed E-state index contributed by atoms with van der Waals surface area (Å²) >= 11 is 0. The standard InChI is InChI=1S/C27H34N2O5/c1-19(2)34-26(31)22-13-9-15-29(17-22,16-21-11-6-5-7-12-21)18-24(30)28-25-20(3)10-8-14-23(25)27(32)33-4/h5-8,10-12,14,19,22H,9,13,15-18H2,1-4H3/p+1. The summed E-state index contributed by atoms with van der Waals surface area (Å²) in [5.41, 5.74) is 2.68. The number of hydrogen-bond donors (Lipinski definition) is 1. The molecule has 0 spiro atoms. The van der Waals surface area contributed by atoms with Crippen LogP contribution in [-0.2, 0) is 25.6 Å². The van der Waals surface area contributed by atoms with Crippen molar-refractivity contribution in [1.82, 2.24) is 0 Å². The number of methoxy groups -OCH3 is 1. The maximum absolute atomic E-state index is 13.4. The highest BCUT2D eigenvalue weighted by molar-refractivity contribution is 6.02. The molecule has 3 rings (SSSR count). The van der Waals surface area contributed by atoms with Crippen LogP contribution >= 0.6 is 0 Å². The second kappa shape index (κ2) is 11.3. The molecule has 0 bridgehead atoms. The summed E-state index contributed by atoms with van der Waals surface area (Å²) in [5, 5.41) is 2.96. The van der Waals surface area contributed by atoms with Crippen molar-refractivity contribution in [2.75, 3.05) is 32.1 Å². The highest BCUT2D eigenvalue weighted by Gasteiger charge is 2.41. The van der Waals surface area contributed by atoms with Gasteiger partial charge in [0, 0.05) is 5.56 Å². The number of piperidine rings is 1. The van der Waals surface area contributed by atoms with Crippen molar-refractivity contribution in [3.8, 4) is 0 Å². The maximum Gasteiger partial charge on any atom is 0.339 e. The van der Waals surface area contributed by atoms with E-state index >= 15 is 0 Å². The van der Waals surface area contributed by atoms with Gasteiger partial charge < -0.3 is 19.3 Å². The van der Waals surface area contributed by atoms with Gasteiger partial charge in [0.25, 0.3) is 5.91 Å². The van der Waals surface area contributed by atoms with E-state index in [0.29, 0.717) is 28.8 Å². The van der Waals surface area contributed by atoms with Gasteiger partial charge in [0.15, 0.2) is 6.54 Å². The van der Waals surface area contributed by atoms with Crippen LogP contribution in [0.3, 0.4) is 0 Å². The Labute approximate surface area is 201 Å². The first-order chi connectivity index (χ1) is 16.2. The summed E-state index contributed by atoms with van der Waals surface area (Å²) in [6.45, 7) is 7.68. The monoisotopic (exact) mass is 467 g/mol. The number of aryl methyl sites for hydroxylation is 1. The SMILES string of the molecule is COC(=O)c1cccc(C)c1NC(=O)C[N+]1(Cc2ccccc2)CCCC(C(=O)OC(C)C)C1. The number of carbonyl (C=O) groups excluding carboxylic acids is 3. The number of nitrogens with one attached hydrogen (secondary N) is 1. The average molecular weight is 468 g/mol. The number of anilines is 1. The third-order valence-corrected chi connectivity index (χ3v) is 6.26. The second-order valence-electron chi connectivity index (χ2n) is 9.41. The van der Waals surface area contributed by atoms with Gasteiger partial charge in [-0.2, -0.15) is 0 Å². The van der Waals surface area contributed by atoms with Crippen LogP contribution in [0.2, 0.25) is 0 Å². The molecular weight excluding hydrogens is 432 g/mol. The molecule has 7 heteroatoms. The number of benzene rings is 2. The largest absolute Gasteiger partial charge is 0.465 e. The highest BCUT2D eigenvalue weighted by atomic mass is 16.5. The summed E-state index contributed by atoms with van der Waals surface area (Å²) in [4.78, 5) is 38.3. The van der Waals surface area contributed by atoms with Crippen LogP contribution in [0.1, 0.15) is 48.2 Å². The second-order valence-corrected chi connectivity index (χ2v) is 9.41. The zero-order valence-corrected chi connectivity index (χ0v) is 20.5. The van der Waals surface area contributed by atoms with Crippen LogP contribution in [0, 0.1) is 12.8 Å². The van der Waals surface area contributed by atoms with Gasteiger partial charge in [0.05, 0.1) is 37.6 Å². The first-order valence-electron chi connectivity index (χ1n) is 11.8. The third kappa shape index (κ3) is 6.44. The molecule has 34 heavy (non-hydrogen) atoms. The molecule has 2 aromatic rings. The average Bonchev–Trinajstić information content (AvgIpc) is 2.80. The number of quaternary nitrogens is 1. The Balaban J connectivity index is 1.86. The molecule has 2 atom stereocenters. The van der Waals surface area contributed by atoms with Crippen molar-refractivity contribution in [3.63, 3.8) is 0 Å². The number of ether oxygens (including phenoxy) is 2. The van der Waals surface area contributed by atoms with Gasteiger partial charge in [-0.05, 0) is 45.2 Å². The van der Waals surface area contributed by atoms with E-state index in [-0.39, 0.29) is 30.4 Å². The fourth-order valence-corrected chi connectivity index (χ4v) is 4.76. The first-order valence-corrected chi connectivity index (χ1v) is 11.8. The molecule has 2 aromatic carbocycles. The summed E-state index contributed by atoms with van der Waals surface area (Å²) in [5.74, 6) is -1.15. The van der Waals surface area contributed by atoms with Gasteiger partial charge in [-0.15, -0.1) is 0 Å². The molecule has 1 amide bonds. The predicted octanol–water partition coefficient (Wildman–Crippen LogP) is 4.10. The lowest BCUT2D eigenvalue weighted by Crippen LogP contribution is -2.58. The quantitative estimate of drug-likeness (QED) is 0.467. The van der Waals surface area contributed by atoms with Crippen molar-refractivity contribution in [2.45, 2.75) is 46.3 Å². The molecule has 1 saturated heterocycles. The minimum Gasteiger partial charge on any atom is -0.465 e. The number of para-hydroxylation sites is 1. The van der Waals surface area contributed by atoms with Crippen LogP contribution in [0.25, 0.3) is 0 Å². The minimum absolute atomic E-state index is 0.174. The number of likely N-dealkylation sites (tertiary alicyclic amines) is 1. The van der Waals surface area contributed by atoms with Crippen molar-refractivity contribution in [1.29, 1.82) is 0 Å². The van der Waals surface area contributed by atoms with E-state index in [1.54, 1.807) is 12.1 Å². The minimum atomic E-state index is -0.498. The fraction of sp³-hybridized carbons (Fsp3) is 0.444. The van der Waals surface area contributed by atoms with Crippen LogP contribution < -0.4 is 5.32 Å². The molecular formula is C27H35N2O5+. The number of amides is 1. The van der Waals surface area contributed by atoms with E-state index in [2.05, 4.69) is 5.32 Å². The Morgan fingerprint density at radius 2 is 1.82 bits per heavy atom. The van der Waals surface area contributed by atoms with E-state index in [0.717, 1.165) is 30.5 Å². The number of esters is 2. The fourth-order valence-electron chi connectivity index (χ4n) is 4.76. The lowest BCUT2D eigenvalue weighted by atomic mass is 9.94. The molecule has 1 N–H and O–H groups in total. The number of rotatable bonds is 8. The lowest BCUT2D eigenvalue weighted by Gasteiger charge is -2.43. The molecule has 0 aliphatic carbocycles. The van der Waals surface area contributed by atoms with Crippen LogP contribution in [0.4, 0.5) is 5.69 Å². The molecule has 0 aromatic heterocycles. The van der Waals surface area contributed by atoms with E-state index in [4.69, 9.17) is 9.47 Å². The van der Waals surface area contributed by atoms with E-state index in [1.807, 2.05) is 57.2 Å². The third-order valence-electron chi connectivity index (χ3n) is 6.26. The lowest BCUT2D eigenvalue weighted by molar-refractivity contribution is -0.940. The smallest absolute Gasteiger partial charge is 0.339 e. The molecule has 0 saturated carbocycles. The Kier molecular flexibility index (Phi) is 8.45. The molecule has 1 heterocycles. The summed E-state index contributed by atoms with van der Waals surface area (Å²) in [7, 11) is 1.32. The Bertz CT molecular complexity index is 1020. The molecule has 182 valence electrons. The van der Waals surface area contributed by atoms with Crippen molar-refractivity contribution in [3.05, 3.63) is 65.2 Å². The van der Waals surface area contributed by atoms with Crippen molar-refractivity contribution < 1.29 is 28.3 Å². The number of hydrogen-bond acceptors (Lipinski definition) is 5. The van der Waals surface area contributed by atoms with Crippen molar-refractivity contribution in [2.24, 2.45) is 5.92 Å². The van der Waals surface area contributed by atoms with Gasteiger partial charge in [0.2, 0.25) is 0 Å². The summed E-state index contributed by atoms with van der Waals surface area (Å²) < 4.78 is 10.8. The van der Waals surface area contributed by atoms with Gasteiger partial charge in [-0.25, -0.2) is 4.79 Å². The molecule has 7 nitrogen and oxygen atoms in total. The molecule has 1 fully saturated rings. The summed E-state index contributed by atoms with van der Waals surface area (Å²) in [6, 6.07) is 15.3. The zero-order chi connectivity index (χ0) is 24.7. The van der Waals surface area contributed by atoms with Gasteiger partial charge in [-0.3, -0.25) is 9.59 Å². The zero-order valence-electron chi connectivity index (χ0n) is 20.5. The number of nitrogens with zero attached hydrogens (tertiary/aromatic N) is 1. The Morgan fingerprint density at radius 1 is 1.09 bits per heavy atom. The van der Waals surface area contributed by atoms with E-state index in [1.165, 1.54) is 7.11 Å². The van der Waals surface area contributed by atoms with Crippen LogP contribution in [0.15, 0.2) is 48.5 Å². The van der Waals surface area contributed by atoms with E-state index in [9.17, 15) is 14.4 Å². The summed E-state index contributed by atoms with van der Waals surface area (Å²) in [6.07, 6.45) is 1.41. The molecule has 1 aliphatic rings. The number of carbonyl (C=O) groups is 3. The Hall–Kier alpha value is -3.19. The first kappa shape index (κ1) is 25.4.